The number of hydrogen-bond acceptors (Lipinski definition) is 3. The van der Waals surface area contributed by atoms with Crippen LogP contribution in [0.4, 0.5) is 0 Å². The predicted octanol–water partition coefficient (Wildman–Crippen LogP) is 15.0. The molecule has 0 fully saturated rings. The highest BCUT2D eigenvalue weighted by Gasteiger charge is 2.26. The first-order valence-corrected chi connectivity index (χ1v) is 20.3. The van der Waals surface area contributed by atoms with E-state index in [4.69, 9.17) is 14.4 Å². The normalized spacial score (nSPS) is 11.7. The van der Waals surface area contributed by atoms with Crippen LogP contribution in [0.2, 0.25) is 0 Å². The van der Waals surface area contributed by atoms with Crippen molar-refractivity contribution in [3.63, 3.8) is 0 Å². The second-order valence-corrected chi connectivity index (χ2v) is 15.3. The van der Waals surface area contributed by atoms with E-state index < -0.39 is 0 Å². The standard InChI is InChI=1S/C56H35N3O/c1-5-17-36(18-6-1)41-31-32-50-47(33-41)52-51(59(50)56-57-48(39-22-9-3-10-23-39)35-49(58-56)40-24-11-4-12-25-40)34-46(44-29-15-26-37-21-13-14-27-42(37)44)55-53(52)45-30-16-28-43(54(45)60-55)38-19-7-2-8-20-38/h1-35H. The van der Waals surface area contributed by atoms with E-state index in [2.05, 4.69) is 205 Å². The Balaban J connectivity index is 1.28. The average molecular weight is 766 g/mol. The molecule has 3 aromatic heterocycles. The van der Waals surface area contributed by atoms with E-state index in [0.29, 0.717) is 5.95 Å². The van der Waals surface area contributed by atoms with Crippen molar-refractivity contribution in [2.24, 2.45) is 0 Å². The zero-order valence-corrected chi connectivity index (χ0v) is 32.5. The maximum absolute atomic E-state index is 7.27. The Morgan fingerprint density at radius 3 is 1.60 bits per heavy atom. The van der Waals surface area contributed by atoms with Gasteiger partial charge in [0.15, 0.2) is 0 Å². The Labute approximate surface area is 346 Å². The van der Waals surface area contributed by atoms with Gasteiger partial charge in [-0.15, -0.1) is 0 Å². The fraction of sp³-hybridized carbons (Fsp3) is 0. The van der Waals surface area contributed by atoms with Crippen LogP contribution < -0.4 is 0 Å². The van der Waals surface area contributed by atoms with E-state index >= 15 is 0 Å². The lowest BCUT2D eigenvalue weighted by Gasteiger charge is -2.13. The Kier molecular flexibility index (Phi) is 7.82. The highest BCUT2D eigenvalue weighted by Crippen LogP contribution is 2.48. The lowest BCUT2D eigenvalue weighted by atomic mass is 9.93. The van der Waals surface area contributed by atoms with Crippen molar-refractivity contribution in [3.05, 3.63) is 212 Å². The molecule has 9 aromatic carbocycles. The van der Waals surface area contributed by atoms with Gasteiger partial charge in [-0.1, -0.05) is 188 Å². The van der Waals surface area contributed by atoms with Gasteiger partial charge in [-0.2, -0.15) is 0 Å². The molecule has 0 unspecified atom stereocenters. The van der Waals surface area contributed by atoms with Crippen LogP contribution in [-0.2, 0) is 0 Å². The largest absolute Gasteiger partial charge is 0.455 e. The summed E-state index contributed by atoms with van der Waals surface area (Å²) in [7, 11) is 0. The molecule has 0 aliphatic carbocycles. The summed E-state index contributed by atoms with van der Waals surface area (Å²) >= 11 is 0. The van der Waals surface area contributed by atoms with Gasteiger partial charge in [0.2, 0.25) is 5.95 Å². The number of benzene rings is 9. The lowest BCUT2D eigenvalue weighted by molar-refractivity contribution is 0.671. The SMILES string of the molecule is c1ccc(-c2ccc3c(c2)c2c4c(oc5c(-c6ccccc6)cccc54)c(-c4cccc5ccccc45)cc2n3-c2nc(-c3ccccc3)cc(-c3ccccc3)n2)cc1. The molecule has 60 heavy (non-hydrogen) atoms. The number of fused-ring (bicyclic) bond motifs is 8. The van der Waals surface area contributed by atoms with Crippen molar-refractivity contribution in [2.75, 3.05) is 0 Å². The van der Waals surface area contributed by atoms with Crippen LogP contribution in [0.15, 0.2) is 217 Å². The minimum absolute atomic E-state index is 0.601. The molecule has 12 aromatic rings. The number of hydrogen-bond donors (Lipinski definition) is 0. The molecule has 0 N–H and O–H groups in total. The van der Waals surface area contributed by atoms with Gasteiger partial charge >= 0.3 is 0 Å². The molecule has 0 amide bonds. The van der Waals surface area contributed by atoms with Crippen LogP contribution in [-0.4, -0.2) is 14.5 Å². The fourth-order valence-electron chi connectivity index (χ4n) is 9.05. The molecule has 0 spiro atoms. The molecule has 0 bridgehead atoms. The monoisotopic (exact) mass is 765 g/mol. The van der Waals surface area contributed by atoms with Crippen LogP contribution in [0.1, 0.15) is 0 Å². The van der Waals surface area contributed by atoms with E-state index in [9.17, 15) is 0 Å². The zero-order chi connectivity index (χ0) is 39.6. The van der Waals surface area contributed by atoms with Crippen LogP contribution in [0.5, 0.6) is 0 Å². The quantitative estimate of drug-likeness (QED) is 0.169. The van der Waals surface area contributed by atoms with Crippen molar-refractivity contribution in [1.82, 2.24) is 14.5 Å². The van der Waals surface area contributed by atoms with Crippen molar-refractivity contribution < 1.29 is 4.42 Å². The third kappa shape index (κ3) is 5.46. The number of rotatable bonds is 6. The number of furan rings is 1. The molecule has 0 atom stereocenters. The maximum atomic E-state index is 7.27. The molecule has 0 saturated heterocycles. The van der Waals surface area contributed by atoms with Crippen molar-refractivity contribution >= 4 is 54.5 Å². The summed E-state index contributed by atoms with van der Waals surface area (Å²) in [6.45, 7) is 0. The van der Waals surface area contributed by atoms with Gasteiger partial charge in [-0.3, -0.25) is 4.57 Å². The summed E-state index contributed by atoms with van der Waals surface area (Å²) in [6.07, 6.45) is 0. The van der Waals surface area contributed by atoms with E-state index in [1.54, 1.807) is 0 Å². The minimum Gasteiger partial charge on any atom is -0.455 e. The predicted molar refractivity (Wildman–Crippen MR) is 248 cm³/mol. The number of aromatic nitrogens is 3. The van der Waals surface area contributed by atoms with E-state index in [1.165, 1.54) is 5.39 Å². The van der Waals surface area contributed by atoms with Crippen LogP contribution in [0.3, 0.4) is 0 Å². The second kappa shape index (κ2) is 13.8. The third-order valence-electron chi connectivity index (χ3n) is 11.8. The van der Waals surface area contributed by atoms with Gasteiger partial charge in [0.1, 0.15) is 11.2 Å². The maximum Gasteiger partial charge on any atom is 0.235 e. The van der Waals surface area contributed by atoms with Gasteiger partial charge in [0.25, 0.3) is 0 Å². The summed E-state index contributed by atoms with van der Waals surface area (Å²) < 4.78 is 9.54. The van der Waals surface area contributed by atoms with Crippen LogP contribution in [0, 0.1) is 0 Å². The van der Waals surface area contributed by atoms with Gasteiger partial charge < -0.3 is 4.42 Å². The Hall–Kier alpha value is -8.08. The molecule has 4 heteroatoms. The Bertz CT molecular complexity index is 3510. The highest BCUT2D eigenvalue weighted by molar-refractivity contribution is 6.31. The van der Waals surface area contributed by atoms with Gasteiger partial charge in [-0.05, 0) is 57.3 Å². The summed E-state index contributed by atoms with van der Waals surface area (Å²) in [4.78, 5) is 10.8. The first kappa shape index (κ1) is 34.0. The highest BCUT2D eigenvalue weighted by atomic mass is 16.3. The van der Waals surface area contributed by atoms with Crippen LogP contribution >= 0.6 is 0 Å². The molecular formula is C56H35N3O. The van der Waals surface area contributed by atoms with E-state index in [-0.39, 0.29) is 0 Å². The molecular weight excluding hydrogens is 731 g/mol. The Morgan fingerprint density at radius 1 is 0.333 bits per heavy atom. The molecule has 12 rings (SSSR count). The Morgan fingerprint density at radius 2 is 0.900 bits per heavy atom. The molecule has 3 heterocycles. The van der Waals surface area contributed by atoms with Crippen LogP contribution in [0.25, 0.3) is 116 Å². The molecule has 0 radical (unpaired) electrons. The molecule has 0 aliphatic heterocycles. The first-order chi connectivity index (χ1) is 29.8. The molecule has 0 aliphatic rings. The fourth-order valence-corrected chi connectivity index (χ4v) is 9.05. The minimum atomic E-state index is 0.601. The van der Waals surface area contributed by atoms with Crippen molar-refractivity contribution in [3.8, 4) is 61.8 Å². The summed E-state index contributed by atoms with van der Waals surface area (Å²) in [6, 6.07) is 74.8. The molecule has 0 saturated carbocycles. The second-order valence-electron chi connectivity index (χ2n) is 15.3. The molecule has 4 nitrogen and oxygen atoms in total. The molecule has 280 valence electrons. The van der Waals surface area contributed by atoms with Gasteiger partial charge in [-0.25, -0.2) is 9.97 Å². The smallest absolute Gasteiger partial charge is 0.235 e. The van der Waals surface area contributed by atoms with E-state index in [0.717, 1.165) is 105 Å². The van der Waals surface area contributed by atoms with Crippen molar-refractivity contribution in [2.45, 2.75) is 0 Å². The van der Waals surface area contributed by atoms with Gasteiger partial charge in [0.05, 0.1) is 22.4 Å². The van der Waals surface area contributed by atoms with Crippen molar-refractivity contribution in [1.29, 1.82) is 0 Å². The third-order valence-corrected chi connectivity index (χ3v) is 11.8. The summed E-state index contributed by atoms with van der Waals surface area (Å²) in [5, 5.41) is 6.66. The number of para-hydroxylation sites is 1. The van der Waals surface area contributed by atoms with E-state index in [1.807, 2.05) is 12.1 Å². The first-order valence-electron chi connectivity index (χ1n) is 20.3. The average Bonchev–Trinajstić information content (AvgIpc) is 3.88. The summed E-state index contributed by atoms with van der Waals surface area (Å²) in [5.74, 6) is 0.601. The summed E-state index contributed by atoms with van der Waals surface area (Å²) in [5.41, 5.74) is 14.1. The zero-order valence-electron chi connectivity index (χ0n) is 32.5. The number of nitrogens with zero attached hydrogens (tertiary/aromatic N) is 3. The lowest BCUT2D eigenvalue weighted by Crippen LogP contribution is -2.04. The van der Waals surface area contributed by atoms with Gasteiger partial charge in [0, 0.05) is 43.8 Å². The topological polar surface area (TPSA) is 43.9 Å².